The Hall–Kier alpha value is -1.46. The molecule has 5 heteroatoms. The van der Waals surface area contributed by atoms with Gasteiger partial charge in [0, 0.05) is 31.9 Å². The van der Waals surface area contributed by atoms with Gasteiger partial charge in [0.25, 0.3) is 0 Å². The van der Waals surface area contributed by atoms with Gasteiger partial charge in [-0.05, 0) is 11.6 Å². The predicted octanol–water partition coefficient (Wildman–Crippen LogP) is 0.0667. The van der Waals surface area contributed by atoms with E-state index in [-0.39, 0.29) is 12.3 Å². The maximum absolute atomic E-state index is 10.6. The number of hydrogen-bond donors (Lipinski definition) is 3. The number of nitrogens with one attached hydrogen (secondary N) is 2. The zero-order valence-electron chi connectivity index (χ0n) is 7.73. The van der Waals surface area contributed by atoms with E-state index in [1.807, 2.05) is 12.1 Å². The van der Waals surface area contributed by atoms with E-state index in [2.05, 4.69) is 10.3 Å². The quantitative estimate of drug-likeness (QED) is 0.353. The Kier molecular flexibility index (Phi) is 4.60. The van der Waals surface area contributed by atoms with E-state index in [1.165, 1.54) is 0 Å². The molecule has 0 saturated carbocycles. The number of carbonyl (C=O) groups excluding carboxylic acids is 1. The summed E-state index contributed by atoms with van der Waals surface area (Å²) in [5, 5.41) is 11.3. The van der Waals surface area contributed by atoms with Crippen molar-refractivity contribution in [3.8, 4) is 0 Å². The summed E-state index contributed by atoms with van der Waals surface area (Å²) >= 11 is 0. The number of rotatable bonds is 5. The molecule has 0 atom stereocenters. The van der Waals surface area contributed by atoms with E-state index >= 15 is 0 Å². The number of nitrogens with zero attached hydrogens (tertiary/aromatic N) is 1. The number of carbonyl (C=O) groups is 1. The van der Waals surface area contributed by atoms with Crippen LogP contribution in [0.2, 0.25) is 0 Å². The third-order valence-electron chi connectivity index (χ3n) is 1.71. The third-order valence-corrected chi connectivity index (χ3v) is 1.71. The standard InChI is InChI=1S/C9H13N3O2/c13-9(12-14)3-5-11-7-8-2-1-4-10-6-8/h1-2,4,6,11,14H,3,5,7H2,(H,12,13). The van der Waals surface area contributed by atoms with Crippen molar-refractivity contribution in [2.75, 3.05) is 6.54 Å². The minimum Gasteiger partial charge on any atom is -0.312 e. The summed E-state index contributed by atoms with van der Waals surface area (Å²) < 4.78 is 0. The minimum absolute atomic E-state index is 0.261. The first kappa shape index (κ1) is 10.6. The minimum atomic E-state index is -0.385. The van der Waals surface area contributed by atoms with Gasteiger partial charge < -0.3 is 5.32 Å². The maximum atomic E-state index is 10.6. The lowest BCUT2D eigenvalue weighted by Gasteiger charge is -2.02. The average Bonchev–Trinajstić information content (AvgIpc) is 2.25. The van der Waals surface area contributed by atoms with Crippen LogP contribution in [0, 0.1) is 0 Å². The van der Waals surface area contributed by atoms with Crippen molar-refractivity contribution in [3.05, 3.63) is 30.1 Å². The normalized spacial score (nSPS) is 9.79. The molecule has 0 radical (unpaired) electrons. The van der Waals surface area contributed by atoms with Crippen molar-refractivity contribution in [2.24, 2.45) is 0 Å². The summed E-state index contributed by atoms with van der Waals surface area (Å²) in [6.45, 7) is 1.20. The Morgan fingerprint density at radius 1 is 1.57 bits per heavy atom. The van der Waals surface area contributed by atoms with Crippen LogP contribution in [0.25, 0.3) is 0 Å². The molecule has 1 rings (SSSR count). The molecule has 76 valence electrons. The molecule has 0 aliphatic carbocycles. The highest BCUT2D eigenvalue weighted by Gasteiger charge is 1.97. The number of hydroxylamine groups is 1. The molecule has 0 spiro atoms. The lowest BCUT2D eigenvalue weighted by atomic mass is 10.3. The summed E-state index contributed by atoms with van der Waals surface area (Å²) in [7, 11) is 0. The van der Waals surface area contributed by atoms with Crippen LogP contribution >= 0.6 is 0 Å². The molecule has 0 saturated heterocycles. The van der Waals surface area contributed by atoms with Crippen LogP contribution in [-0.2, 0) is 11.3 Å². The molecule has 5 nitrogen and oxygen atoms in total. The van der Waals surface area contributed by atoms with Gasteiger partial charge in [-0.25, -0.2) is 5.48 Å². The highest BCUT2D eigenvalue weighted by molar-refractivity contribution is 5.74. The Balaban J connectivity index is 2.13. The summed E-state index contributed by atoms with van der Waals surface area (Å²) in [6.07, 6.45) is 3.73. The van der Waals surface area contributed by atoms with Gasteiger partial charge in [-0.2, -0.15) is 0 Å². The van der Waals surface area contributed by atoms with Crippen molar-refractivity contribution >= 4 is 5.91 Å². The molecule has 14 heavy (non-hydrogen) atoms. The summed E-state index contributed by atoms with van der Waals surface area (Å²) in [5.74, 6) is -0.385. The highest BCUT2D eigenvalue weighted by Crippen LogP contribution is 1.93. The largest absolute Gasteiger partial charge is 0.312 e. The Morgan fingerprint density at radius 3 is 3.07 bits per heavy atom. The molecule has 0 bridgehead atoms. The third kappa shape index (κ3) is 3.97. The van der Waals surface area contributed by atoms with E-state index < -0.39 is 0 Å². The van der Waals surface area contributed by atoms with E-state index in [0.29, 0.717) is 13.1 Å². The second kappa shape index (κ2) is 6.06. The molecule has 1 heterocycles. The number of amides is 1. The zero-order valence-corrected chi connectivity index (χ0v) is 7.73. The maximum Gasteiger partial charge on any atom is 0.244 e. The van der Waals surface area contributed by atoms with Crippen molar-refractivity contribution in [2.45, 2.75) is 13.0 Å². The van der Waals surface area contributed by atoms with Crippen LogP contribution in [0.15, 0.2) is 24.5 Å². The van der Waals surface area contributed by atoms with Crippen LogP contribution < -0.4 is 10.8 Å². The molecule has 0 aliphatic rings. The smallest absolute Gasteiger partial charge is 0.244 e. The van der Waals surface area contributed by atoms with Gasteiger partial charge in [-0.3, -0.25) is 15.0 Å². The van der Waals surface area contributed by atoms with Crippen LogP contribution in [0.4, 0.5) is 0 Å². The van der Waals surface area contributed by atoms with Gasteiger partial charge in [0.1, 0.15) is 0 Å². The predicted molar refractivity (Wildman–Crippen MR) is 50.5 cm³/mol. The fraction of sp³-hybridized carbons (Fsp3) is 0.333. The summed E-state index contributed by atoms with van der Waals surface area (Å²) in [6, 6.07) is 3.81. The monoisotopic (exact) mass is 195 g/mol. The van der Waals surface area contributed by atoms with Gasteiger partial charge in [-0.1, -0.05) is 6.07 Å². The van der Waals surface area contributed by atoms with Gasteiger partial charge in [-0.15, -0.1) is 0 Å². The van der Waals surface area contributed by atoms with Crippen molar-refractivity contribution in [1.29, 1.82) is 0 Å². The Morgan fingerprint density at radius 2 is 2.43 bits per heavy atom. The molecule has 1 aromatic heterocycles. The molecule has 3 N–H and O–H groups in total. The van der Waals surface area contributed by atoms with Crippen LogP contribution in [0.1, 0.15) is 12.0 Å². The Bertz CT molecular complexity index is 277. The van der Waals surface area contributed by atoms with E-state index in [4.69, 9.17) is 5.21 Å². The highest BCUT2D eigenvalue weighted by atomic mass is 16.5. The number of aromatic nitrogens is 1. The first-order valence-electron chi connectivity index (χ1n) is 4.35. The van der Waals surface area contributed by atoms with Gasteiger partial charge in [0.05, 0.1) is 0 Å². The van der Waals surface area contributed by atoms with Crippen LogP contribution in [-0.4, -0.2) is 22.6 Å². The molecular weight excluding hydrogens is 182 g/mol. The van der Waals surface area contributed by atoms with Gasteiger partial charge in [0.15, 0.2) is 0 Å². The lowest BCUT2D eigenvalue weighted by molar-refractivity contribution is -0.129. The molecular formula is C9H13N3O2. The molecule has 1 amide bonds. The number of hydrogen-bond acceptors (Lipinski definition) is 4. The molecule has 1 aromatic rings. The van der Waals surface area contributed by atoms with Crippen LogP contribution in [0.3, 0.4) is 0 Å². The van der Waals surface area contributed by atoms with E-state index in [0.717, 1.165) is 5.56 Å². The topological polar surface area (TPSA) is 74.2 Å². The summed E-state index contributed by atoms with van der Waals surface area (Å²) in [5.41, 5.74) is 2.64. The van der Waals surface area contributed by atoms with Gasteiger partial charge >= 0.3 is 0 Å². The molecule has 0 fully saturated rings. The zero-order chi connectivity index (χ0) is 10.2. The fourth-order valence-corrected chi connectivity index (χ4v) is 0.993. The average molecular weight is 195 g/mol. The lowest BCUT2D eigenvalue weighted by Crippen LogP contribution is -2.24. The van der Waals surface area contributed by atoms with Crippen molar-refractivity contribution in [3.63, 3.8) is 0 Å². The SMILES string of the molecule is O=C(CCNCc1cccnc1)NO. The second-order valence-electron chi connectivity index (χ2n) is 2.82. The Labute approximate surface area is 82.1 Å². The van der Waals surface area contributed by atoms with Crippen LogP contribution in [0.5, 0.6) is 0 Å². The molecule has 0 unspecified atom stereocenters. The molecule has 0 aromatic carbocycles. The van der Waals surface area contributed by atoms with Gasteiger partial charge in [0.2, 0.25) is 5.91 Å². The summed E-state index contributed by atoms with van der Waals surface area (Å²) in [4.78, 5) is 14.6. The van der Waals surface area contributed by atoms with E-state index in [9.17, 15) is 4.79 Å². The first-order valence-corrected chi connectivity index (χ1v) is 4.35. The van der Waals surface area contributed by atoms with E-state index in [1.54, 1.807) is 17.9 Å². The fourth-order valence-electron chi connectivity index (χ4n) is 0.993. The second-order valence-corrected chi connectivity index (χ2v) is 2.82. The number of pyridine rings is 1. The first-order chi connectivity index (χ1) is 6.83. The van der Waals surface area contributed by atoms with Crippen molar-refractivity contribution in [1.82, 2.24) is 15.8 Å². The van der Waals surface area contributed by atoms with Crippen molar-refractivity contribution < 1.29 is 10.0 Å². The molecule has 0 aliphatic heterocycles.